The molecule has 3 aliphatic carbocycles. The van der Waals surface area contributed by atoms with Crippen LogP contribution in [0.15, 0.2) is 23.1 Å². The molecule has 3 aliphatic rings. The quantitative estimate of drug-likeness (QED) is 0.224. The lowest BCUT2D eigenvalue weighted by atomic mass is 9.81. The van der Waals surface area contributed by atoms with Crippen molar-refractivity contribution in [3.8, 4) is 0 Å². The lowest BCUT2D eigenvalue weighted by molar-refractivity contribution is -0.119. The molecule has 2 aromatic rings. The third-order valence-electron chi connectivity index (χ3n) is 8.28. The molecule has 1 unspecified atom stereocenters. The Kier molecular flexibility index (Phi) is 7.86. The van der Waals surface area contributed by atoms with Crippen molar-refractivity contribution in [3.63, 3.8) is 0 Å². The van der Waals surface area contributed by atoms with Crippen LogP contribution < -0.4 is 0 Å². The van der Waals surface area contributed by atoms with Crippen molar-refractivity contribution < 1.29 is 13.8 Å². The highest BCUT2D eigenvalue weighted by molar-refractivity contribution is 7.91. The van der Waals surface area contributed by atoms with Gasteiger partial charge in [0.05, 0.1) is 14.6 Å². The minimum absolute atomic E-state index is 0.219. The van der Waals surface area contributed by atoms with Gasteiger partial charge in [0.1, 0.15) is 5.78 Å². The minimum Gasteiger partial charge on any atom is -0.299 e. The average molecular weight is 556 g/mol. The van der Waals surface area contributed by atoms with Gasteiger partial charge in [0.15, 0.2) is 5.78 Å². The van der Waals surface area contributed by atoms with E-state index in [9.17, 15) is 13.8 Å². The van der Waals surface area contributed by atoms with Crippen LogP contribution in [-0.2, 0) is 40.2 Å². The van der Waals surface area contributed by atoms with E-state index in [2.05, 4.69) is 0 Å². The van der Waals surface area contributed by atoms with Crippen LogP contribution in [-0.4, -0.2) is 26.9 Å². The van der Waals surface area contributed by atoms with Gasteiger partial charge in [-0.3, -0.25) is 9.59 Å². The summed E-state index contributed by atoms with van der Waals surface area (Å²) in [6.45, 7) is 1.94. The second-order valence-electron chi connectivity index (χ2n) is 11.5. The predicted molar refractivity (Wildman–Crippen MR) is 155 cm³/mol. The molecular weight excluding hydrogens is 519 g/mol. The zero-order chi connectivity index (χ0) is 26.3. The van der Waals surface area contributed by atoms with E-state index in [0.717, 1.165) is 77.3 Å². The number of thiocarbonyl (C=S) groups is 1. The molecule has 0 saturated heterocycles. The molecule has 0 spiro atoms. The molecule has 2 fully saturated rings. The Labute approximate surface area is 230 Å². The summed E-state index contributed by atoms with van der Waals surface area (Å²) in [7, 11) is -2.78. The number of benzene rings is 1. The summed E-state index contributed by atoms with van der Waals surface area (Å²) in [5.74, 6) is 1.90. The molecule has 1 heterocycles. The van der Waals surface area contributed by atoms with Crippen molar-refractivity contribution in [2.24, 2.45) is 17.8 Å². The molecule has 1 aromatic heterocycles. The van der Waals surface area contributed by atoms with Crippen molar-refractivity contribution in [2.45, 2.75) is 88.9 Å². The Balaban J connectivity index is 1.31. The van der Waals surface area contributed by atoms with Crippen molar-refractivity contribution in [2.75, 3.05) is 6.26 Å². The molecule has 7 heteroatoms. The van der Waals surface area contributed by atoms with Crippen LogP contribution in [0.2, 0.25) is 0 Å². The first kappa shape index (κ1) is 26.9. The number of fused-ring (bicyclic) bond motifs is 1. The van der Waals surface area contributed by atoms with Crippen molar-refractivity contribution >= 4 is 49.7 Å². The maximum Gasteiger partial charge on any atom is 0.164 e. The van der Waals surface area contributed by atoms with Crippen LogP contribution in [0.5, 0.6) is 0 Å². The number of thiophene rings is 1. The van der Waals surface area contributed by atoms with Crippen LogP contribution in [0.3, 0.4) is 0 Å². The first-order valence-electron chi connectivity index (χ1n) is 13.6. The molecule has 0 bridgehead atoms. The number of carbonyl (C=O) groups is 2. The van der Waals surface area contributed by atoms with Crippen LogP contribution in [0.4, 0.5) is 0 Å². The number of hydrogen-bond donors (Lipinski definition) is 1. The third-order valence-corrected chi connectivity index (χ3v) is 11.2. The van der Waals surface area contributed by atoms with Gasteiger partial charge in [-0.25, -0.2) is 8.99 Å². The van der Waals surface area contributed by atoms with Crippen LogP contribution in [0.25, 0.3) is 0 Å². The molecule has 0 aliphatic heterocycles. The van der Waals surface area contributed by atoms with E-state index < -0.39 is 9.73 Å². The monoisotopic (exact) mass is 555 g/mol. The fourth-order valence-electron chi connectivity index (χ4n) is 5.79. The van der Waals surface area contributed by atoms with E-state index >= 15 is 0 Å². The van der Waals surface area contributed by atoms with E-state index in [-0.39, 0.29) is 11.7 Å². The van der Waals surface area contributed by atoms with Crippen molar-refractivity contribution in [3.05, 3.63) is 50.2 Å². The minimum atomic E-state index is -2.78. The number of rotatable bonds is 12. The molecule has 198 valence electrons. The number of Topliss-reactive ketones (excluding diaryl/α,β-unsaturated/α-hetero) is 2. The van der Waals surface area contributed by atoms with Crippen LogP contribution in [0.1, 0.15) is 88.2 Å². The first-order chi connectivity index (χ1) is 17.6. The van der Waals surface area contributed by atoms with E-state index in [0.29, 0.717) is 35.9 Å². The number of aryl methyl sites for hydroxylation is 1. The predicted octanol–water partition coefficient (Wildman–Crippen LogP) is 7.09. The summed E-state index contributed by atoms with van der Waals surface area (Å²) >= 11 is 7.57. The number of ketones is 2. The van der Waals surface area contributed by atoms with E-state index in [1.165, 1.54) is 29.5 Å². The van der Waals surface area contributed by atoms with Gasteiger partial charge in [-0.1, -0.05) is 37.2 Å². The maximum atomic E-state index is 13.4. The van der Waals surface area contributed by atoms with Gasteiger partial charge in [-0.15, -0.1) is 11.3 Å². The first-order valence-corrected chi connectivity index (χ1v) is 16.8. The largest absolute Gasteiger partial charge is 0.299 e. The second-order valence-corrected chi connectivity index (χ2v) is 15.4. The maximum absolute atomic E-state index is 13.4. The highest BCUT2D eigenvalue weighted by Crippen LogP contribution is 2.41. The molecule has 5 rings (SSSR count). The highest BCUT2D eigenvalue weighted by Gasteiger charge is 2.34. The molecule has 2 atom stereocenters. The molecule has 4 nitrogen and oxygen atoms in total. The molecule has 1 aromatic carbocycles. The Bertz CT molecular complexity index is 1350. The van der Waals surface area contributed by atoms with Gasteiger partial charge < -0.3 is 0 Å². The number of nitrogens with one attached hydrogen (secondary N) is 1. The normalized spacial score (nSPS) is 20.8. The zero-order valence-electron chi connectivity index (χ0n) is 21.9. The topological polar surface area (TPSA) is 75.1 Å². The Morgan fingerprint density at radius 1 is 1.11 bits per heavy atom. The van der Waals surface area contributed by atoms with Gasteiger partial charge in [0.2, 0.25) is 0 Å². The fourth-order valence-corrected chi connectivity index (χ4v) is 8.61. The van der Waals surface area contributed by atoms with E-state index in [1.54, 1.807) is 17.4 Å². The van der Waals surface area contributed by atoms with Crippen LogP contribution in [0, 0.1) is 29.5 Å². The van der Waals surface area contributed by atoms with Gasteiger partial charge in [-0.05, 0) is 91.3 Å². The lowest BCUT2D eigenvalue weighted by Crippen LogP contribution is -2.19. The summed E-state index contributed by atoms with van der Waals surface area (Å²) in [5.41, 5.74) is 4.06. The van der Waals surface area contributed by atoms with E-state index in [4.69, 9.17) is 17.0 Å². The molecule has 1 N–H and O–H groups in total. The van der Waals surface area contributed by atoms with Crippen molar-refractivity contribution in [1.82, 2.24) is 0 Å². The van der Waals surface area contributed by atoms with Gasteiger partial charge in [-0.2, -0.15) is 0 Å². The van der Waals surface area contributed by atoms with E-state index in [1.807, 2.05) is 19.1 Å². The number of carbonyl (C=O) groups excluding carboxylic acids is 2. The third kappa shape index (κ3) is 6.48. The molecule has 2 saturated carbocycles. The Morgan fingerprint density at radius 2 is 1.86 bits per heavy atom. The fraction of sp³-hybridized carbons (Fsp3) is 0.567. The number of hydrogen-bond acceptors (Lipinski definition) is 6. The zero-order valence-corrected chi connectivity index (χ0v) is 24.3. The standard InChI is InChI=1S/C30H37NO3S3/c1-18-22(4-3-5-29(18)37(2,31)34)16-23(35)14-20-9-13-27-24(15-20)30(25(32)12-8-19-6-7-19)28(36-27)17-26(33)21-10-11-21/h3-5,19-21,31H,6-17H2,1-2H3/t20-,37?/m1/s1. The smallest absolute Gasteiger partial charge is 0.164 e. The SMILES string of the molecule is Cc1c(CC(=S)C[C@H]2CCc3sc(CC(=O)C4CC4)c(C(=O)CCC4CC4)c3C2)cccc1S(C)(=N)=O. The van der Waals surface area contributed by atoms with Gasteiger partial charge >= 0.3 is 0 Å². The average Bonchev–Trinajstić information content (AvgIpc) is 3.75. The lowest BCUT2D eigenvalue weighted by Gasteiger charge is -2.24. The highest BCUT2D eigenvalue weighted by atomic mass is 32.2. The summed E-state index contributed by atoms with van der Waals surface area (Å²) in [4.78, 5) is 30.0. The summed E-state index contributed by atoms with van der Waals surface area (Å²) in [6, 6.07) is 5.68. The Hall–Kier alpha value is -1.70. The van der Waals surface area contributed by atoms with Gasteiger partial charge in [0.25, 0.3) is 0 Å². The Morgan fingerprint density at radius 3 is 2.54 bits per heavy atom. The summed E-state index contributed by atoms with van der Waals surface area (Å²) < 4.78 is 20.3. The summed E-state index contributed by atoms with van der Waals surface area (Å²) in [6.07, 6.45) is 12.3. The second kappa shape index (κ2) is 10.8. The van der Waals surface area contributed by atoms with Gasteiger partial charge in [0, 0.05) is 46.8 Å². The summed E-state index contributed by atoms with van der Waals surface area (Å²) in [5, 5.41) is 0. The van der Waals surface area contributed by atoms with Crippen molar-refractivity contribution in [1.29, 1.82) is 4.78 Å². The molecule has 37 heavy (non-hydrogen) atoms. The van der Waals surface area contributed by atoms with Crippen LogP contribution >= 0.6 is 23.6 Å². The molecule has 0 amide bonds. The molecule has 0 radical (unpaired) electrons. The molecular formula is C30H37NO3S3.